The van der Waals surface area contributed by atoms with Gasteiger partial charge in [-0.1, -0.05) is 24.3 Å². The second-order valence-electron chi connectivity index (χ2n) is 3.68. The molecule has 1 aliphatic heterocycles. The summed E-state index contributed by atoms with van der Waals surface area (Å²) in [5.41, 5.74) is 1.62. The van der Waals surface area contributed by atoms with Crippen molar-refractivity contribution < 1.29 is 19.1 Å². The topological polar surface area (TPSA) is 52.6 Å². The Balaban J connectivity index is 1.84. The molecule has 1 fully saturated rings. The number of benzene rings is 1. The highest BCUT2D eigenvalue weighted by Crippen LogP contribution is 2.13. The van der Waals surface area contributed by atoms with E-state index in [0.717, 1.165) is 11.8 Å². The van der Waals surface area contributed by atoms with Gasteiger partial charge in [-0.3, -0.25) is 9.59 Å². The predicted molar refractivity (Wildman–Crippen MR) is 56.0 cm³/mol. The van der Waals surface area contributed by atoms with Crippen LogP contribution in [0, 0.1) is 0 Å². The number of hydrogen-bond donors (Lipinski definition) is 0. The molecule has 0 N–H and O–H groups in total. The summed E-state index contributed by atoms with van der Waals surface area (Å²) in [5, 5.41) is 0. The first-order chi connectivity index (χ1) is 7.78. The van der Waals surface area contributed by atoms with Crippen LogP contribution in [-0.2, 0) is 20.9 Å². The van der Waals surface area contributed by atoms with Gasteiger partial charge in [0.1, 0.15) is 19.0 Å². The van der Waals surface area contributed by atoms with E-state index in [2.05, 4.69) is 0 Å². The molecule has 1 saturated heterocycles. The van der Waals surface area contributed by atoms with Crippen LogP contribution in [0.5, 0.6) is 0 Å². The van der Waals surface area contributed by atoms with Crippen molar-refractivity contribution in [2.45, 2.75) is 19.1 Å². The van der Waals surface area contributed by atoms with Gasteiger partial charge in [-0.05, 0) is 5.56 Å². The number of aldehydes is 1. The zero-order chi connectivity index (χ0) is 11.4. The van der Waals surface area contributed by atoms with Crippen molar-refractivity contribution in [3.8, 4) is 0 Å². The second-order valence-corrected chi connectivity index (χ2v) is 3.68. The van der Waals surface area contributed by atoms with Crippen LogP contribution in [0.1, 0.15) is 22.3 Å². The van der Waals surface area contributed by atoms with E-state index in [4.69, 9.17) is 9.47 Å². The first kappa shape index (κ1) is 10.8. The zero-order valence-corrected chi connectivity index (χ0v) is 8.72. The summed E-state index contributed by atoms with van der Waals surface area (Å²) in [6.07, 6.45) is 0.985. The summed E-state index contributed by atoms with van der Waals surface area (Å²) in [6.45, 7) is 0.770. The molecular formula is C12H12O4. The fourth-order valence-corrected chi connectivity index (χ4v) is 1.50. The van der Waals surface area contributed by atoms with E-state index < -0.39 is 0 Å². The van der Waals surface area contributed by atoms with Crippen molar-refractivity contribution in [3.63, 3.8) is 0 Å². The smallest absolute Gasteiger partial charge is 0.308 e. The molecule has 0 saturated carbocycles. The molecule has 16 heavy (non-hydrogen) atoms. The standard InChI is InChI=1S/C12H12O4/c13-6-9-1-3-10(4-2-9)7-15-11-5-12(14)16-8-11/h1-4,6,11H,5,7-8H2. The van der Waals surface area contributed by atoms with Gasteiger partial charge in [-0.15, -0.1) is 0 Å². The fraction of sp³-hybridized carbons (Fsp3) is 0.333. The lowest BCUT2D eigenvalue weighted by atomic mass is 10.1. The second kappa shape index (κ2) is 4.90. The Morgan fingerprint density at radius 3 is 2.69 bits per heavy atom. The number of ether oxygens (including phenoxy) is 2. The Bertz CT molecular complexity index is 383. The quantitative estimate of drug-likeness (QED) is 0.567. The highest BCUT2D eigenvalue weighted by atomic mass is 16.6. The number of carbonyl (C=O) groups is 2. The van der Waals surface area contributed by atoms with E-state index in [1.165, 1.54) is 0 Å². The molecule has 1 atom stereocenters. The molecule has 0 aliphatic carbocycles. The third-order valence-electron chi connectivity index (χ3n) is 2.43. The van der Waals surface area contributed by atoms with Crippen molar-refractivity contribution in [1.82, 2.24) is 0 Å². The first-order valence-electron chi connectivity index (χ1n) is 5.09. The van der Waals surface area contributed by atoms with Gasteiger partial charge in [0, 0.05) is 5.56 Å². The molecule has 0 aromatic heterocycles. The normalized spacial score (nSPS) is 19.5. The molecule has 4 nitrogen and oxygen atoms in total. The molecule has 0 spiro atoms. The predicted octanol–water partition coefficient (Wildman–Crippen LogP) is 1.33. The molecular weight excluding hydrogens is 208 g/mol. The number of esters is 1. The van der Waals surface area contributed by atoms with E-state index in [0.29, 0.717) is 25.2 Å². The fourth-order valence-electron chi connectivity index (χ4n) is 1.50. The van der Waals surface area contributed by atoms with Crippen LogP contribution in [0.4, 0.5) is 0 Å². The zero-order valence-electron chi connectivity index (χ0n) is 8.72. The number of hydrogen-bond acceptors (Lipinski definition) is 4. The van der Waals surface area contributed by atoms with Crippen molar-refractivity contribution in [1.29, 1.82) is 0 Å². The molecule has 1 aromatic carbocycles. The van der Waals surface area contributed by atoms with Crippen LogP contribution in [0.25, 0.3) is 0 Å². The molecule has 2 rings (SSSR count). The van der Waals surface area contributed by atoms with E-state index in [1.54, 1.807) is 12.1 Å². The summed E-state index contributed by atoms with van der Waals surface area (Å²) in [6, 6.07) is 7.15. The summed E-state index contributed by atoms with van der Waals surface area (Å²) >= 11 is 0. The van der Waals surface area contributed by atoms with E-state index in [1.807, 2.05) is 12.1 Å². The van der Waals surface area contributed by atoms with Crippen molar-refractivity contribution >= 4 is 12.3 Å². The lowest BCUT2D eigenvalue weighted by Gasteiger charge is -2.08. The first-order valence-corrected chi connectivity index (χ1v) is 5.09. The maximum absolute atomic E-state index is 10.8. The molecule has 1 unspecified atom stereocenters. The summed E-state index contributed by atoms with van der Waals surface area (Å²) in [5.74, 6) is -0.207. The van der Waals surface area contributed by atoms with Crippen LogP contribution in [0.15, 0.2) is 24.3 Å². The molecule has 1 aliphatic rings. The molecule has 4 heteroatoms. The van der Waals surface area contributed by atoms with Crippen LogP contribution >= 0.6 is 0 Å². The number of carbonyl (C=O) groups excluding carboxylic acids is 2. The van der Waals surface area contributed by atoms with Crippen molar-refractivity contribution in [3.05, 3.63) is 35.4 Å². The van der Waals surface area contributed by atoms with Crippen LogP contribution in [0.3, 0.4) is 0 Å². The highest BCUT2D eigenvalue weighted by Gasteiger charge is 2.23. The Morgan fingerprint density at radius 1 is 1.38 bits per heavy atom. The van der Waals surface area contributed by atoms with Crippen LogP contribution in [0.2, 0.25) is 0 Å². The maximum atomic E-state index is 10.8. The molecule has 0 bridgehead atoms. The lowest BCUT2D eigenvalue weighted by molar-refractivity contribution is -0.137. The molecule has 1 aromatic rings. The van der Waals surface area contributed by atoms with Crippen molar-refractivity contribution in [2.24, 2.45) is 0 Å². The van der Waals surface area contributed by atoms with Gasteiger partial charge in [-0.2, -0.15) is 0 Å². The van der Waals surface area contributed by atoms with E-state index in [-0.39, 0.29) is 12.1 Å². The van der Waals surface area contributed by atoms with Gasteiger partial charge < -0.3 is 9.47 Å². The Kier molecular flexibility index (Phi) is 3.31. The Labute approximate surface area is 93.2 Å². The van der Waals surface area contributed by atoms with Gasteiger partial charge in [0.2, 0.25) is 0 Å². The van der Waals surface area contributed by atoms with Gasteiger partial charge in [-0.25, -0.2) is 0 Å². The number of rotatable bonds is 4. The Morgan fingerprint density at radius 2 is 2.12 bits per heavy atom. The van der Waals surface area contributed by atoms with E-state index >= 15 is 0 Å². The minimum Gasteiger partial charge on any atom is -0.463 e. The summed E-state index contributed by atoms with van der Waals surface area (Å²) in [4.78, 5) is 21.2. The molecule has 0 radical (unpaired) electrons. The summed E-state index contributed by atoms with van der Waals surface area (Å²) in [7, 11) is 0. The van der Waals surface area contributed by atoms with Crippen LogP contribution < -0.4 is 0 Å². The minimum atomic E-state index is -0.207. The number of cyclic esters (lactones) is 1. The SMILES string of the molecule is O=Cc1ccc(COC2COC(=O)C2)cc1. The van der Waals surface area contributed by atoms with E-state index in [9.17, 15) is 9.59 Å². The molecule has 84 valence electrons. The van der Waals surface area contributed by atoms with Gasteiger partial charge >= 0.3 is 5.97 Å². The van der Waals surface area contributed by atoms with Gasteiger partial charge in [0.05, 0.1) is 13.0 Å². The average Bonchev–Trinajstić information content (AvgIpc) is 2.73. The Hall–Kier alpha value is -1.68. The summed E-state index contributed by atoms with van der Waals surface area (Å²) < 4.78 is 10.3. The highest BCUT2D eigenvalue weighted by molar-refractivity contribution is 5.74. The van der Waals surface area contributed by atoms with Gasteiger partial charge in [0.15, 0.2) is 0 Å². The average molecular weight is 220 g/mol. The third-order valence-corrected chi connectivity index (χ3v) is 2.43. The van der Waals surface area contributed by atoms with Crippen molar-refractivity contribution in [2.75, 3.05) is 6.61 Å². The van der Waals surface area contributed by atoms with Gasteiger partial charge in [0.25, 0.3) is 0 Å². The molecule has 0 amide bonds. The molecule has 1 heterocycles. The maximum Gasteiger partial charge on any atom is 0.308 e. The lowest BCUT2D eigenvalue weighted by Crippen LogP contribution is -2.12. The monoisotopic (exact) mass is 220 g/mol. The van der Waals surface area contributed by atoms with Crippen LogP contribution in [-0.4, -0.2) is 25.0 Å². The largest absolute Gasteiger partial charge is 0.463 e. The third kappa shape index (κ3) is 2.67. The minimum absolute atomic E-state index is 0.141.